The lowest BCUT2D eigenvalue weighted by Gasteiger charge is -2.09. The van der Waals surface area contributed by atoms with Gasteiger partial charge in [0.15, 0.2) is 0 Å². The van der Waals surface area contributed by atoms with E-state index in [4.69, 9.17) is 10.00 Å². The third kappa shape index (κ3) is 4.58. The molecule has 4 heteroatoms. The van der Waals surface area contributed by atoms with Crippen LogP contribution in [0.4, 0.5) is 0 Å². The standard InChI is InChI=1S/C13H17NO2S/c1-3-11(2)17(15)9-8-16-13-6-4-12(10-14)5-7-13/h4-7,11H,3,8-9H2,1-2H3. The lowest BCUT2D eigenvalue weighted by molar-refractivity contribution is 0.342. The van der Waals surface area contributed by atoms with Crippen molar-refractivity contribution in [3.05, 3.63) is 29.8 Å². The van der Waals surface area contributed by atoms with Crippen LogP contribution in [0.2, 0.25) is 0 Å². The highest BCUT2D eigenvalue weighted by molar-refractivity contribution is 7.85. The summed E-state index contributed by atoms with van der Waals surface area (Å²) in [7, 11) is -0.822. The maximum Gasteiger partial charge on any atom is 0.119 e. The summed E-state index contributed by atoms with van der Waals surface area (Å²) >= 11 is 0. The largest absolute Gasteiger partial charge is 0.493 e. The van der Waals surface area contributed by atoms with Gasteiger partial charge in [-0.2, -0.15) is 5.26 Å². The van der Waals surface area contributed by atoms with E-state index >= 15 is 0 Å². The molecule has 0 amide bonds. The SMILES string of the molecule is CCC(C)S(=O)CCOc1ccc(C#N)cc1. The van der Waals surface area contributed by atoms with Crippen LogP contribution in [-0.2, 0) is 10.8 Å². The molecule has 0 aliphatic rings. The van der Waals surface area contributed by atoms with E-state index in [1.54, 1.807) is 24.3 Å². The van der Waals surface area contributed by atoms with Crippen LogP contribution in [0.1, 0.15) is 25.8 Å². The molecule has 0 saturated heterocycles. The molecule has 1 aromatic carbocycles. The Kier molecular flexibility index (Phi) is 5.71. The average molecular weight is 251 g/mol. The first-order valence-corrected chi connectivity index (χ1v) is 7.05. The Bertz CT molecular complexity index is 408. The first kappa shape index (κ1) is 13.7. The van der Waals surface area contributed by atoms with E-state index in [-0.39, 0.29) is 5.25 Å². The van der Waals surface area contributed by atoms with E-state index in [0.29, 0.717) is 23.7 Å². The Hall–Kier alpha value is -1.34. The highest BCUT2D eigenvalue weighted by Gasteiger charge is 2.08. The molecule has 0 aliphatic carbocycles. The van der Waals surface area contributed by atoms with Crippen LogP contribution in [0.5, 0.6) is 5.75 Å². The van der Waals surface area contributed by atoms with Gasteiger partial charge in [-0.05, 0) is 30.7 Å². The van der Waals surface area contributed by atoms with Crippen molar-refractivity contribution < 1.29 is 8.95 Å². The topological polar surface area (TPSA) is 50.1 Å². The quantitative estimate of drug-likeness (QED) is 0.780. The van der Waals surface area contributed by atoms with Crippen molar-refractivity contribution in [3.63, 3.8) is 0 Å². The van der Waals surface area contributed by atoms with Gasteiger partial charge in [-0.1, -0.05) is 13.8 Å². The maximum absolute atomic E-state index is 11.7. The number of rotatable bonds is 6. The minimum atomic E-state index is -0.822. The van der Waals surface area contributed by atoms with E-state index in [0.717, 1.165) is 6.42 Å². The van der Waals surface area contributed by atoms with Gasteiger partial charge in [0, 0.05) is 16.0 Å². The number of hydrogen-bond donors (Lipinski definition) is 0. The fourth-order valence-corrected chi connectivity index (χ4v) is 2.28. The fraction of sp³-hybridized carbons (Fsp3) is 0.462. The predicted molar refractivity (Wildman–Crippen MR) is 69.4 cm³/mol. The van der Waals surface area contributed by atoms with E-state index in [2.05, 4.69) is 0 Å². The summed E-state index contributed by atoms with van der Waals surface area (Å²) < 4.78 is 17.1. The van der Waals surface area contributed by atoms with Crippen molar-refractivity contribution in [3.8, 4) is 11.8 Å². The smallest absolute Gasteiger partial charge is 0.119 e. The van der Waals surface area contributed by atoms with E-state index in [9.17, 15) is 4.21 Å². The molecule has 3 nitrogen and oxygen atoms in total. The molecular formula is C13H17NO2S. The molecule has 92 valence electrons. The van der Waals surface area contributed by atoms with Crippen LogP contribution in [0.25, 0.3) is 0 Å². The summed E-state index contributed by atoms with van der Waals surface area (Å²) in [5.41, 5.74) is 0.612. The van der Waals surface area contributed by atoms with E-state index < -0.39 is 10.8 Å². The van der Waals surface area contributed by atoms with Crippen molar-refractivity contribution in [1.82, 2.24) is 0 Å². The Morgan fingerprint density at radius 1 is 1.41 bits per heavy atom. The molecule has 0 bridgehead atoms. The number of benzene rings is 1. The number of hydrogen-bond acceptors (Lipinski definition) is 3. The highest BCUT2D eigenvalue weighted by Crippen LogP contribution is 2.11. The minimum absolute atomic E-state index is 0.222. The van der Waals surface area contributed by atoms with Gasteiger partial charge in [-0.3, -0.25) is 4.21 Å². The normalized spacial score (nSPS) is 13.7. The Morgan fingerprint density at radius 3 is 2.59 bits per heavy atom. The van der Waals surface area contributed by atoms with Crippen LogP contribution in [0.15, 0.2) is 24.3 Å². The molecule has 0 heterocycles. The van der Waals surface area contributed by atoms with Crippen LogP contribution < -0.4 is 4.74 Å². The lowest BCUT2D eigenvalue weighted by atomic mass is 10.2. The number of nitriles is 1. The summed E-state index contributed by atoms with van der Waals surface area (Å²) in [6.45, 7) is 4.46. The Morgan fingerprint density at radius 2 is 2.06 bits per heavy atom. The molecular weight excluding hydrogens is 234 g/mol. The van der Waals surface area contributed by atoms with E-state index in [1.807, 2.05) is 19.9 Å². The van der Waals surface area contributed by atoms with Crippen molar-refractivity contribution >= 4 is 10.8 Å². The molecule has 0 fully saturated rings. The Labute approximate surface area is 105 Å². The number of ether oxygens (including phenoxy) is 1. The molecule has 0 aliphatic heterocycles. The molecule has 17 heavy (non-hydrogen) atoms. The van der Waals surface area contributed by atoms with Crippen molar-refractivity contribution in [1.29, 1.82) is 5.26 Å². The molecule has 2 atom stereocenters. The zero-order valence-corrected chi connectivity index (χ0v) is 11.0. The molecule has 1 rings (SSSR count). The third-order valence-electron chi connectivity index (χ3n) is 2.56. The molecule has 1 aromatic rings. The second-order valence-corrected chi connectivity index (χ2v) is 5.76. The van der Waals surface area contributed by atoms with Crippen LogP contribution in [-0.4, -0.2) is 21.8 Å². The molecule has 0 spiro atoms. The average Bonchev–Trinajstić information content (AvgIpc) is 2.38. The molecule has 0 radical (unpaired) electrons. The summed E-state index contributed by atoms with van der Waals surface area (Å²) in [5.74, 6) is 1.26. The van der Waals surface area contributed by atoms with E-state index in [1.165, 1.54) is 0 Å². The van der Waals surface area contributed by atoms with Crippen LogP contribution in [0, 0.1) is 11.3 Å². The second kappa shape index (κ2) is 7.08. The van der Waals surface area contributed by atoms with Gasteiger partial charge in [0.05, 0.1) is 24.0 Å². The molecule has 0 N–H and O–H groups in total. The molecule has 2 unspecified atom stereocenters. The van der Waals surface area contributed by atoms with Crippen molar-refractivity contribution in [2.45, 2.75) is 25.5 Å². The van der Waals surface area contributed by atoms with Crippen LogP contribution >= 0.6 is 0 Å². The first-order valence-electron chi connectivity index (χ1n) is 5.67. The maximum atomic E-state index is 11.7. The minimum Gasteiger partial charge on any atom is -0.493 e. The summed E-state index contributed by atoms with van der Waals surface area (Å²) in [6, 6.07) is 8.97. The lowest BCUT2D eigenvalue weighted by Crippen LogP contribution is -2.17. The fourth-order valence-electron chi connectivity index (χ4n) is 1.25. The van der Waals surface area contributed by atoms with Crippen molar-refractivity contribution in [2.24, 2.45) is 0 Å². The summed E-state index contributed by atoms with van der Waals surface area (Å²) in [5, 5.41) is 8.86. The van der Waals surface area contributed by atoms with Gasteiger partial charge in [0.2, 0.25) is 0 Å². The zero-order valence-electron chi connectivity index (χ0n) is 10.2. The van der Waals surface area contributed by atoms with Gasteiger partial charge < -0.3 is 4.74 Å². The van der Waals surface area contributed by atoms with Gasteiger partial charge in [0.1, 0.15) is 5.75 Å². The van der Waals surface area contributed by atoms with Gasteiger partial charge >= 0.3 is 0 Å². The molecule has 0 aromatic heterocycles. The third-order valence-corrected chi connectivity index (χ3v) is 4.36. The van der Waals surface area contributed by atoms with Crippen LogP contribution in [0.3, 0.4) is 0 Å². The second-order valence-electron chi connectivity index (χ2n) is 3.79. The van der Waals surface area contributed by atoms with Gasteiger partial charge in [-0.25, -0.2) is 0 Å². The molecule has 0 saturated carbocycles. The highest BCUT2D eigenvalue weighted by atomic mass is 32.2. The summed E-state index contributed by atoms with van der Waals surface area (Å²) in [4.78, 5) is 0. The van der Waals surface area contributed by atoms with Crippen molar-refractivity contribution in [2.75, 3.05) is 12.4 Å². The zero-order chi connectivity index (χ0) is 12.7. The predicted octanol–water partition coefficient (Wildman–Crippen LogP) is 2.48. The van der Waals surface area contributed by atoms with Gasteiger partial charge in [-0.15, -0.1) is 0 Å². The first-order chi connectivity index (χ1) is 8.17. The monoisotopic (exact) mass is 251 g/mol. The summed E-state index contributed by atoms with van der Waals surface area (Å²) in [6.07, 6.45) is 0.920. The number of nitrogens with zero attached hydrogens (tertiary/aromatic N) is 1. The Balaban J connectivity index is 2.36. The van der Waals surface area contributed by atoms with Gasteiger partial charge in [0.25, 0.3) is 0 Å².